The number of pyridine rings is 2. The number of nitrogens with two attached hydrogens (primary N) is 1. The van der Waals surface area contributed by atoms with E-state index >= 15 is 0 Å². The molecule has 9 rings (SSSR count). The fourth-order valence-electron chi connectivity index (χ4n) is 8.58. The molecule has 5 heterocycles. The van der Waals surface area contributed by atoms with Crippen LogP contribution in [0.5, 0.6) is 6.01 Å². The van der Waals surface area contributed by atoms with Crippen molar-refractivity contribution in [1.29, 1.82) is 0 Å². The van der Waals surface area contributed by atoms with Crippen molar-refractivity contribution in [2.24, 2.45) is 0 Å². The first-order valence-corrected chi connectivity index (χ1v) is 22.9. The lowest BCUT2D eigenvalue weighted by Gasteiger charge is -2.34. The smallest absolute Gasteiger partial charge is 0.325 e. The van der Waals surface area contributed by atoms with Crippen LogP contribution in [-0.2, 0) is 23.8 Å². The summed E-state index contributed by atoms with van der Waals surface area (Å²) in [6.07, 6.45) is 0.709. The first-order chi connectivity index (χ1) is 34.6. The number of methoxy groups -OCH3 is 4. The molecular formula is C49H54F4N10O10. The van der Waals surface area contributed by atoms with Crippen LogP contribution in [0.25, 0.3) is 16.9 Å². The van der Waals surface area contributed by atoms with E-state index in [1.165, 1.54) is 28.4 Å². The number of aromatic nitrogens is 4. The van der Waals surface area contributed by atoms with Crippen molar-refractivity contribution in [1.82, 2.24) is 40.0 Å². The van der Waals surface area contributed by atoms with Crippen LogP contribution in [0.15, 0.2) is 85.2 Å². The van der Waals surface area contributed by atoms with Crippen LogP contribution in [0.2, 0.25) is 0 Å². The molecule has 24 heteroatoms. The zero-order valence-corrected chi connectivity index (χ0v) is 40.5. The lowest BCUT2D eigenvalue weighted by Crippen LogP contribution is -2.51. The first-order valence-electron chi connectivity index (χ1n) is 22.9. The van der Waals surface area contributed by atoms with Crippen LogP contribution in [0.3, 0.4) is 0 Å². The number of benzene rings is 2. The summed E-state index contributed by atoms with van der Waals surface area (Å²) in [4.78, 5) is 90.3. The lowest BCUT2D eigenvalue weighted by atomic mass is 9.80. The van der Waals surface area contributed by atoms with Crippen LogP contribution < -0.4 is 26.4 Å². The molecule has 3 aromatic heterocycles. The lowest BCUT2D eigenvalue weighted by molar-refractivity contribution is -0.340. The molecule has 2 aliphatic heterocycles. The highest BCUT2D eigenvalue weighted by Crippen LogP contribution is 2.43. The number of fused-ring (bicyclic) bond motifs is 1. The molecule has 0 bridgehead atoms. The fraction of sp³-hybridized carbons (Fsp3) is 0.408. The number of anilines is 3. The highest BCUT2D eigenvalue weighted by molar-refractivity contribution is 6.12. The maximum atomic E-state index is 13.6. The number of nitrogens with one attached hydrogen (secondary N) is 3. The summed E-state index contributed by atoms with van der Waals surface area (Å²) < 4.78 is 75.5. The third-order valence-corrected chi connectivity index (χ3v) is 13.2. The Morgan fingerprint density at radius 1 is 0.671 bits per heavy atom. The number of nitrogens with zero attached hydrogens (tertiary/aromatic N) is 6. The summed E-state index contributed by atoms with van der Waals surface area (Å²) in [6, 6.07) is 18.8. The standard InChI is InChI=1S/C23H21F2N5O4.C21H21F2N5O3.C5H12O3/c1-34-21-27-16-3-2-12-26-18(16)30(21)15-6-4-14(5-7-15)17(31)13-29-19(32)22(28-20(29)33)8-10-23(24,25)11-9-22;22-21(23)9-7-20(8-10-21)18(30)28(19(31)27-20)12-16(29)13-3-5-14(6-4-13)26-17-15(24)2-1-11-25-17;1-5(6-2,7-3)8-4/h2-7,12H,8-11,13H2,1H3,(H,28,33);1-6,11H,7-10,12,24H2,(H,25,26)(H,27,31);1-4H3. The number of Topliss-reactive ketones (excluding diaryl/α,β-unsaturated/α-hetero) is 2. The molecule has 2 saturated heterocycles. The van der Waals surface area contributed by atoms with E-state index in [1.807, 2.05) is 0 Å². The Morgan fingerprint density at radius 2 is 1.12 bits per heavy atom. The normalized spacial score (nSPS) is 18.4. The van der Waals surface area contributed by atoms with Gasteiger partial charge in [0.25, 0.3) is 17.8 Å². The number of alkyl halides is 4. The van der Waals surface area contributed by atoms with Crippen LogP contribution in [0.4, 0.5) is 44.3 Å². The number of nitrogen functional groups attached to an aromatic ring is 1. The third-order valence-electron chi connectivity index (χ3n) is 13.2. The molecule has 73 heavy (non-hydrogen) atoms. The van der Waals surface area contributed by atoms with Gasteiger partial charge in [0, 0.05) is 83.1 Å². The van der Waals surface area contributed by atoms with E-state index in [-0.39, 0.29) is 31.2 Å². The third kappa shape index (κ3) is 11.6. The molecule has 2 aliphatic carbocycles. The molecule has 2 spiro atoms. The molecule has 4 aliphatic rings. The van der Waals surface area contributed by atoms with E-state index in [0.29, 0.717) is 45.6 Å². The van der Waals surface area contributed by atoms with Crippen LogP contribution in [0.1, 0.15) is 79.0 Å². The summed E-state index contributed by atoms with van der Waals surface area (Å²) in [6.45, 7) is 0.761. The van der Waals surface area contributed by atoms with E-state index in [9.17, 15) is 46.3 Å². The summed E-state index contributed by atoms with van der Waals surface area (Å²) in [5.74, 6) is -8.22. The van der Waals surface area contributed by atoms with Gasteiger partial charge in [-0.2, -0.15) is 4.98 Å². The van der Waals surface area contributed by atoms with E-state index in [0.717, 1.165) is 9.80 Å². The van der Waals surface area contributed by atoms with Gasteiger partial charge in [0.05, 0.1) is 31.6 Å². The van der Waals surface area contributed by atoms with Gasteiger partial charge in [0.15, 0.2) is 23.0 Å². The van der Waals surface area contributed by atoms with Gasteiger partial charge in [-0.25, -0.2) is 41.7 Å². The Hall–Kier alpha value is -7.57. The van der Waals surface area contributed by atoms with E-state index in [1.54, 1.807) is 96.7 Å². The van der Waals surface area contributed by atoms with E-state index < -0.39 is 103 Å². The number of imide groups is 2. The van der Waals surface area contributed by atoms with E-state index in [2.05, 4.69) is 30.9 Å². The van der Waals surface area contributed by atoms with Gasteiger partial charge in [-0.1, -0.05) is 0 Å². The largest absolute Gasteiger partial charge is 0.468 e. The Kier molecular flexibility index (Phi) is 15.5. The summed E-state index contributed by atoms with van der Waals surface area (Å²) >= 11 is 0. The summed E-state index contributed by atoms with van der Waals surface area (Å²) in [5.41, 5.74) is 6.75. The van der Waals surface area contributed by atoms with E-state index in [4.69, 9.17) is 24.7 Å². The first kappa shape index (κ1) is 53.2. The second kappa shape index (κ2) is 21.3. The average molecular weight is 1020 g/mol. The number of carbonyl (C=O) groups is 6. The number of carbonyl (C=O) groups excluding carboxylic acids is 6. The van der Waals surface area contributed by atoms with Crippen molar-refractivity contribution in [2.45, 2.75) is 87.2 Å². The number of hydrogen-bond acceptors (Lipinski definition) is 15. The Morgan fingerprint density at radius 3 is 1.56 bits per heavy atom. The number of ketones is 2. The molecule has 0 unspecified atom stereocenters. The number of amides is 6. The van der Waals surface area contributed by atoms with Gasteiger partial charge in [-0.3, -0.25) is 29.0 Å². The highest BCUT2D eigenvalue weighted by Gasteiger charge is 2.57. The summed E-state index contributed by atoms with van der Waals surface area (Å²) in [7, 11) is 6.06. The number of urea groups is 2. The molecule has 4 fully saturated rings. The molecule has 0 atom stereocenters. The van der Waals surface area contributed by atoms with Crippen LogP contribution in [0, 0.1) is 0 Å². The number of ether oxygens (including phenoxy) is 4. The van der Waals surface area contributed by atoms with Gasteiger partial charge in [-0.15, -0.1) is 0 Å². The molecule has 6 amide bonds. The molecule has 5 aromatic rings. The molecule has 5 N–H and O–H groups in total. The second-order valence-corrected chi connectivity index (χ2v) is 17.8. The molecule has 388 valence electrons. The van der Waals surface area contributed by atoms with Crippen molar-refractivity contribution in [3.63, 3.8) is 0 Å². The van der Waals surface area contributed by atoms with Crippen molar-refractivity contribution in [3.05, 3.63) is 96.3 Å². The van der Waals surface area contributed by atoms with Gasteiger partial charge < -0.3 is 40.6 Å². The number of hydrogen-bond donors (Lipinski definition) is 4. The van der Waals surface area contributed by atoms with Crippen molar-refractivity contribution in [3.8, 4) is 11.7 Å². The predicted molar refractivity (Wildman–Crippen MR) is 255 cm³/mol. The van der Waals surface area contributed by atoms with Crippen molar-refractivity contribution in [2.75, 3.05) is 52.6 Å². The van der Waals surface area contributed by atoms with Crippen molar-refractivity contribution < 1.29 is 65.3 Å². The topological polar surface area (TPSA) is 252 Å². The zero-order valence-electron chi connectivity index (χ0n) is 40.5. The predicted octanol–water partition coefficient (Wildman–Crippen LogP) is 6.80. The van der Waals surface area contributed by atoms with Crippen molar-refractivity contribution >= 4 is 63.8 Å². The zero-order chi connectivity index (χ0) is 52.9. The minimum atomic E-state index is -2.85. The Labute approximate surface area is 415 Å². The van der Waals surface area contributed by atoms with Gasteiger partial charge >= 0.3 is 18.1 Å². The molecule has 2 aromatic carbocycles. The molecular weight excluding hydrogens is 965 g/mol. The SMILES string of the molecule is COC(C)(OC)OC.COc1nc2cccnc2n1-c1ccc(C(=O)CN2C(=O)NC3(CCC(F)(F)CC3)C2=O)cc1.Nc1cccnc1Nc1ccc(C(=O)CN2C(=O)NC3(CCC(F)(F)CC3)C2=O)cc1. The fourth-order valence-corrected chi connectivity index (χ4v) is 8.58. The highest BCUT2D eigenvalue weighted by atomic mass is 19.3. The van der Waals surface area contributed by atoms with Gasteiger partial charge in [0.1, 0.15) is 16.6 Å². The van der Waals surface area contributed by atoms with Gasteiger partial charge in [-0.05, 0) is 98.5 Å². The quantitative estimate of drug-likeness (QED) is 0.0410. The minimum absolute atomic E-state index is 0.147. The second-order valence-electron chi connectivity index (χ2n) is 17.8. The molecule has 0 radical (unpaired) electrons. The monoisotopic (exact) mass is 1020 g/mol. The Balaban J connectivity index is 0.000000187. The summed E-state index contributed by atoms with van der Waals surface area (Å²) in [5, 5.41) is 8.10. The molecule has 20 nitrogen and oxygen atoms in total. The number of rotatable bonds is 13. The minimum Gasteiger partial charge on any atom is -0.468 e. The maximum absolute atomic E-state index is 13.6. The molecule has 2 saturated carbocycles. The maximum Gasteiger partial charge on any atom is 0.325 e. The average Bonchev–Trinajstić information content (AvgIpc) is 3.96. The Bertz CT molecular complexity index is 2850. The number of halogens is 4. The van der Waals surface area contributed by atoms with Gasteiger partial charge in [0.2, 0.25) is 11.8 Å². The van der Waals surface area contributed by atoms with Crippen LogP contribution in [-0.4, -0.2) is 135 Å². The number of imidazole rings is 1. The van der Waals surface area contributed by atoms with Crippen LogP contribution >= 0.6 is 0 Å².